The molecule has 0 amide bonds. The van der Waals surface area contributed by atoms with Crippen LogP contribution in [0.15, 0.2) is 19.5 Å². The fourth-order valence-electron chi connectivity index (χ4n) is 1.01. The van der Waals surface area contributed by atoms with Crippen LogP contribution in [0.2, 0.25) is 0 Å². The van der Waals surface area contributed by atoms with E-state index in [1.165, 1.54) is 13.0 Å². The smallest absolute Gasteiger partial charge is 0.294 e. The Kier molecular flexibility index (Phi) is 4.02. The highest BCUT2D eigenvalue weighted by Gasteiger charge is 2.24. The average Bonchev–Trinajstić information content (AvgIpc) is 2.10. The summed E-state index contributed by atoms with van der Waals surface area (Å²) in [6, 6.07) is 1.53. The second kappa shape index (κ2) is 4.71. The summed E-state index contributed by atoms with van der Waals surface area (Å²) < 4.78 is 0.974. The molecule has 0 aliphatic rings. The van der Waals surface area contributed by atoms with Crippen LogP contribution in [0, 0.1) is 10.1 Å². The normalized spacial score (nSPS) is 10.1. The number of carbonyl (C=O) groups excluding carboxylic acids is 1. The summed E-state index contributed by atoms with van der Waals surface area (Å²) in [5.74, 6) is -0.238. The molecule has 15 heavy (non-hydrogen) atoms. The van der Waals surface area contributed by atoms with Crippen LogP contribution in [-0.4, -0.2) is 10.7 Å². The zero-order valence-corrected chi connectivity index (χ0v) is 12.1. The highest BCUT2D eigenvalue weighted by Crippen LogP contribution is 2.40. The molecule has 0 aromatic heterocycles. The Labute approximate surface area is 111 Å². The van der Waals surface area contributed by atoms with Crippen molar-refractivity contribution in [1.82, 2.24) is 0 Å². The number of nitro groups is 1. The molecule has 0 fully saturated rings. The molecular weight excluding hydrogens is 398 g/mol. The topological polar surface area (TPSA) is 60.2 Å². The van der Waals surface area contributed by atoms with Crippen LogP contribution in [0.1, 0.15) is 17.3 Å². The van der Waals surface area contributed by atoms with E-state index in [2.05, 4.69) is 47.8 Å². The van der Waals surface area contributed by atoms with Crippen molar-refractivity contribution in [2.75, 3.05) is 0 Å². The predicted octanol–water partition coefficient (Wildman–Crippen LogP) is 4.08. The summed E-state index contributed by atoms with van der Waals surface area (Å²) in [6.45, 7) is 1.35. The van der Waals surface area contributed by atoms with Gasteiger partial charge in [0.2, 0.25) is 0 Å². The molecule has 1 aromatic rings. The van der Waals surface area contributed by atoms with Crippen molar-refractivity contribution in [2.24, 2.45) is 0 Å². The van der Waals surface area contributed by atoms with Crippen LogP contribution in [0.4, 0.5) is 5.69 Å². The summed E-state index contributed by atoms with van der Waals surface area (Å²) in [7, 11) is 0. The van der Waals surface area contributed by atoms with Crippen molar-refractivity contribution >= 4 is 59.3 Å². The van der Waals surface area contributed by atoms with Gasteiger partial charge in [-0.3, -0.25) is 14.9 Å². The van der Waals surface area contributed by atoms with Crippen LogP contribution < -0.4 is 0 Å². The lowest BCUT2D eigenvalue weighted by Crippen LogP contribution is -1.99. The number of hydrogen-bond donors (Lipinski definition) is 0. The van der Waals surface area contributed by atoms with Crippen molar-refractivity contribution < 1.29 is 9.72 Å². The summed E-state index contributed by atoms with van der Waals surface area (Å²) >= 11 is 9.28. The van der Waals surface area contributed by atoms with Gasteiger partial charge < -0.3 is 0 Å². The summed E-state index contributed by atoms with van der Waals surface area (Å²) in [5, 5.41) is 10.8. The Morgan fingerprint density at radius 1 is 1.33 bits per heavy atom. The maximum Gasteiger partial charge on any atom is 0.299 e. The number of nitrogens with zero attached hydrogens (tertiary/aromatic N) is 1. The van der Waals surface area contributed by atoms with Crippen molar-refractivity contribution in [2.45, 2.75) is 6.92 Å². The molecule has 0 bridgehead atoms. The van der Waals surface area contributed by atoms with E-state index in [9.17, 15) is 14.9 Å². The quantitative estimate of drug-likeness (QED) is 0.324. The number of hydrogen-bond acceptors (Lipinski definition) is 3. The Hall–Kier alpha value is -0.270. The molecule has 0 spiro atoms. The lowest BCUT2D eigenvalue weighted by Gasteiger charge is -2.05. The number of halogens is 3. The highest BCUT2D eigenvalue weighted by atomic mass is 79.9. The fourth-order valence-corrected chi connectivity index (χ4v) is 2.88. The molecule has 4 nitrogen and oxygen atoms in total. The Balaban J connectivity index is 3.63. The Morgan fingerprint density at radius 2 is 1.87 bits per heavy atom. The van der Waals surface area contributed by atoms with Crippen molar-refractivity contribution in [3.8, 4) is 0 Å². The number of ketones is 1. The molecule has 80 valence electrons. The van der Waals surface area contributed by atoms with Crippen LogP contribution in [0.3, 0.4) is 0 Å². The standard InChI is InChI=1S/C8H4Br3NO3/c1-3(13)4-2-5(9)7(11)8(6(4)10)12(14)15/h2H,1H3. The summed E-state index contributed by atoms with van der Waals surface area (Å²) in [6.07, 6.45) is 0. The van der Waals surface area contributed by atoms with Gasteiger partial charge in [-0.05, 0) is 60.8 Å². The molecular formula is C8H4Br3NO3. The van der Waals surface area contributed by atoms with Crippen molar-refractivity contribution in [3.05, 3.63) is 35.2 Å². The predicted molar refractivity (Wildman–Crippen MR) is 66.2 cm³/mol. The van der Waals surface area contributed by atoms with E-state index in [0.717, 1.165) is 0 Å². The number of rotatable bonds is 2. The van der Waals surface area contributed by atoms with E-state index >= 15 is 0 Å². The maximum absolute atomic E-state index is 11.2. The molecule has 0 saturated carbocycles. The number of carbonyl (C=O) groups is 1. The molecule has 0 atom stereocenters. The summed E-state index contributed by atoms with van der Waals surface area (Å²) in [4.78, 5) is 21.4. The fraction of sp³-hybridized carbons (Fsp3) is 0.125. The third kappa shape index (κ3) is 2.46. The monoisotopic (exact) mass is 399 g/mol. The minimum absolute atomic E-state index is 0.158. The molecule has 0 radical (unpaired) electrons. The molecule has 0 saturated heterocycles. The lowest BCUT2D eigenvalue weighted by molar-refractivity contribution is -0.386. The first-order valence-electron chi connectivity index (χ1n) is 3.69. The largest absolute Gasteiger partial charge is 0.299 e. The Morgan fingerprint density at radius 3 is 2.27 bits per heavy atom. The highest BCUT2D eigenvalue weighted by molar-refractivity contribution is 9.13. The second-order valence-electron chi connectivity index (χ2n) is 2.70. The van der Waals surface area contributed by atoms with Gasteiger partial charge in [0, 0.05) is 10.0 Å². The SMILES string of the molecule is CC(=O)c1cc(Br)c(Br)c([N+](=O)[O-])c1Br. The third-order valence-corrected chi connectivity index (χ3v) is 4.46. The molecule has 0 heterocycles. The second-order valence-corrected chi connectivity index (χ2v) is 5.14. The number of benzene rings is 1. The van der Waals surface area contributed by atoms with Gasteiger partial charge in [0.1, 0.15) is 8.95 Å². The van der Waals surface area contributed by atoms with Gasteiger partial charge >= 0.3 is 0 Å². The van der Waals surface area contributed by atoms with Crippen LogP contribution in [0.25, 0.3) is 0 Å². The van der Waals surface area contributed by atoms with Gasteiger partial charge in [-0.15, -0.1) is 0 Å². The van der Waals surface area contributed by atoms with E-state index < -0.39 is 4.92 Å². The average molecular weight is 402 g/mol. The molecule has 1 aromatic carbocycles. The number of nitro benzene ring substituents is 1. The van der Waals surface area contributed by atoms with Crippen LogP contribution in [-0.2, 0) is 0 Å². The molecule has 0 aliphatic heterocycles. The number of Topliss-reactive ketones (excluding diaryl/α,β-unsaturated/α-hetero) is 1. The lowest BCUT2D eigenvalue weighted by atomic mass is 10.1. The van der Waals surface area contributed by atoms with E-state index in [0.29, 0.717) is 8.95 Å². The van der Waals surface area contributed by atoms with Gasteiger partial charge in [-0.1, -0.05) is 0 Å². The van der Waals surface area contributed by atoms with Gasteiger partial charge in [0.25, 0.3) is 5.69 Å². The minimum Gasteiger partial charge on any atom is -0.294 e. The zero-order valence-electron chi connectivity index (χ0n) is 7.38. The van der Waals surface area contributed by atoms with Gasteiger partial charge in [0.15, 0.2) is 5.78 Å². The first-order valence-corrected chi connectivity index (χ1v) is 6.07. The summed E-state index contributed by atoms with van der Waals surface area (Å²) in [5.41, 5.74) is 0.117. The molecule has 7 heteroatoms. The third-order valence-electron chi connectivity index (χ3n) is 1.69. The first kappa shape index (κ1) is 12.8. The van der Waals surface area contributed by atoms with Gasteiger partial charge in [0.05, 0.1) is 4.92 Å². The first-order chi connectivity index (χ1) is 6.86. The van der Waals surface area contributed by atoms with Gasteiger partial charge in [-0.2, -0.15) is 0 Å². The van der Waals surface area contributed by atoms with E-state index in [1.807, 2.05) is 0 Å². The van der Waals surface area contributed by atoms with Crippen molar-refractivity contribution in [1.29, 1.82) is 0 Å². The zero-order chi connectivity index (χ0) is 11.7. The van der Waals surface area contributed by atoms with E-state index in [-0.39, 0.29) is 21.5 Å². The Bertz CT molecular complexity index is 459. The van der Waals surface area contributed by atoms with Crippen LogP contribution >= 0.6 is 47.8 Å². The molecule has 1 rings (SSSR count). The maximum atomic E-state index is 11.2. The molecule has 0 aliphatic carbocycles. The van der Waals surface area contributed by atoms with Crippen LogP contribution in [0.5, 0.6) is 0 Å². The molecule has 0 N–H and O–H groups in total. The molecule has 0 unspecified atom stereocenters. The van der Waals surface area contributed by atoms with E-state index in [4.69, 9.17) is 0 Å². The van der Waals surface area contributed by atoms with E-state index in [1.54, 1.807) is 0 Å². The minimum atomic E-state index is -0.550. The van der Waals surface area contributed by atoms with Gasteiger partial charge in [-0.25, -0.2) is 0 Å². The van der Waals surface area contributed by atoms with Crippen molar-refractivity contribution in [3.63, 3.8) is 0 Å².